The number of rotatable bonds is 14. The van der Waals surface area contributed by atoms with Crippen LogP contribution in [0, 0.1) is 5.92 Å². The smallest absolute Gasteiger partial charge is 0.407 e. The molecular formula is C28H36N2O5. The molecule has 0 saturated heterocycles. The van der Waals surface area contributed by atoms with E-state index < -0.39 is 12.1 Å². The minimum atomic E-state index is -0.808. The van der Waals surface area contributed by atoms with Crippen LogP contribution in [0.5, 0.6) is 0 Å². The third kappa shape index (κ3) is 8.12. The van der Waals surface area contributed by atoms with E-state index in [0.29, 0.717) is 32.5 Å². The first kappa shape index (κ1) is 26.3. The molecule has 7 heteroatoms. The van der Waals surface area contributed by atoms with Crippen LogP contribution in [0.1, 0.15) is 68.9 Å². The summed E-state index contributed by atoms with van der Waals surface area (Å²) in [5.74, 6) is -0.697. The summed E-state index contributed by atoms with van der Waals surface area (Å²) in [6, 6.07) is 16.5. The zero-order chi connectivity index (χ0) is 25.0. The Bertz CT molecular complexity index is 961. The molecule has 3 rings (SSSR count). The molecule has 1 unspecified atom stereocenters. The number of carbonyl (C=O) groups is 3. The van der Waals surface area contributed by atoms with Crippen molar-refractivity contribution in [3.05, 3.63) is 59.7 Å². The topological polar surface area (TPSA) is 105 Å². The first-order valence-electron chi connectivity index (χ1n) is 12.5. The van der Waals surface area contributed by atoms with Crippen LogP contribution in [0.3, 0.4) is 0 Å². The molecule has 1 atom stereocenters. The number of hydrogen-bond acceptors (Lipinski definition) is 4. The summed E-state index contributed by atoms with van der Waals surface area (Å²) in [5, 5.41) is 14.4. The first-order valence-corrected chi connectivity index (χ1v) is 12.5. The van der Waals surface area contributed by atoms with Crippen molar-refractivity contribution in [1.82, 2.24) is 10.6 Å². The van der Waals surface area contributed by atoms with Gasteiger partial charge in [0.15, 0.2) is 0 Å². The van der Waals surface area contributed by atoms with E-state index in [9.17, 15) is 14.4 Å². The van der Waals surface area contributed by atoms with Gasteiger partial charge in [0.05, 0.1) is 0 Å². The van der Waals surface area contributed by atoms with Crippen LogP contribution in [0.2, 0.25) is 0 Å². The Morgan fingerprint density at radius 1 is 0.886 bits per heavy atom. The number of fused-ring (bicyclic) bond motifs is 3. The van der Waals surface area contributed by atoms with Crippen molar-refractivity contribution in [2.24, 2.45) is 5.92 Å². The van der Waals surface area contributed by atoms with Crippen LogP contribution >= 0.6 is 0 Å². The highest BCUT2D eigenvalue weighted by atomic mass is 16.5. The summed E-state index contributed by atoms with van der Waals surface area (Å²) >= 11 is 0. The number of benzene rings is 2. The van der Waals surface area contributed by atoms with Crippen LogP contribution < -0.4 is 10.6 Å². The maximum Gasteiger partial charge on any atom is 0.407 e. The summed E-state index contributed by atoms with van der Waals surface area (Å²) in [6.07, 6.45) is 4.32. The van der Waals surface area contributed by atoms with Gasteiger partial charge in [-0.2, -0.15) is 0 Å². The van der Waals surface area contributed by atoms with Gasteiger partial charge in [-0.25, -0.2) is 4.79 Å². The zero-order valence-electron chi connectivity index (χ0n) is 20.4. The Morgan fingerprint density at radius 3 is 2.17 bits per heavy atom. The normalized spacial score (nSPS) is 12.9. The number of amides is 2. The number of hydrogen-bond donors (Lipinski definition) is 3. The predicted molar refractivity (Wildman–Crippen MR) is 135 cm³/mol. The van der Waals surface area contributed by atoms with Gasteiger partial charge >= 0.3 is 12.1 Å². The summed E-state index contributed by atoms with van der Waals surface area (Å²) in [5.41, 5.74) is 4.80. The zero-order valence-corrected chi connectivity index (χ0v) is 20.4. The molecule has 0 aromatic heterocycles. The number of alkyl carbamates (subject to hydrolysis) is 1. The molecule has 7 nitrogen and oxygen atoms in total. The summed E-state index contributed by atoms with van der Waals surface area (Å²) in [6.45, 7) is 3.24. The number of carboxylic acid groups (broad SMARTS) is 1. The SMILES string of the molecule is CC(CCNC(=O)CCCCCCNC(=O)OCC1c2ccccc2-c2ccccc21)CC(=O)O. The lowest BCUT2D eigenvalue weighted by molar-refractivity contribution is -0.138. The highest BCUT2D eigenvalue weighted by molar-refractivity contribution is 5.79. The Balaban J connectivity index is 1.24. The van der Waals surface area contributed by atoms with Gasteiger partial charge < -0.3 is 20.5 Å². The predicted octanol–water partition coefficient (Wildman–Crippen LogP) is 5.09. The summed E-state index contributed by atoms with van der Waals surface area (Å²) < 4.78 is 5.54. The fourth-order valence-electron chi connectivity index (χ4n) is 4.55. The highest BCUT2D eigenvalue weighted by Crippen LogP contribution is 2.44. The molecule has 0 aliphatic heterocycles. The van der Waals surface area contributed by atoms with E-state index >= 15 is 0 Å². The molecule has 0 fully saturated rings. The maximum atomic E-state index is 12.2. The molecule has 2 aromatic rings. The third-order valence-corrected chi connectivity index (χ3v) is 6.43. The van der Waals surface area contributed by atoms with Crippen molar-refractivity contribution in [2.45, 2.75) is 57.8 Å². The molecular weight excluding hydrogens is 444 g/mol. The van der Waals surface area contributed by atoms with Gasteiger partial charge in [-0.15, -0.1) is 0 Å². The number of aliphatic carboxylic acids is 1. The van der Waals surface area contributed by atoms with E-state index in [1.54, 1.807) is 0 Å². The monoisotopic (exact) mass is 480 g/mol. The average molecular weight is 481 g/mol. The van der Waals surface area contributed by atoms with E-state index in [2.05, 4.69) is 34.9 Å². The van der Waals surface area contributed by atoms with Crippen LogP contribution in [0.25, 0.3) is 11.1 Å². The first-order chi connectivity index (χ1) is 17.0. The van der Waals surface area contributed by atoms with Gasteiger partial charge in [-0.05, 0) is 47.4 Å². The van der Waals surface area contributed by atoms with Crippen LogP contribution in [-0.4, -0.2) is 42.8 Å². The minimum absolute atomic E-state index is 0.00397. The molecule has 0 spiro atoms. The largest absolute Gasteiger partial charge is 0.481 e. The van der Waals surface area contributed by atoms with Crippen molar-refractivity contribution < 1.29 is 24.2 Å². The van der Waals surface area contributed by atoms with E-state index in [1.807, 2.05) is 31.2 Å². The molecule has 0 radical (unpaired) electrons. The van der Waals surface area contributed by atoms with Crippen molar-refractivity contribution in [3.8, 4) is 11.1 Å². The van der Waals surface area contributed by atoms with Crippen molar-refractivity contribution in [3.63, 3.8) is 0 Å². The molecule has 0 heterocycles. The Hall–Kier alpha value is -3.35. The number of ether oxygens (including phenoxy) is 1. The molecule has 35 heavy (non-hydrogen) atoms. The second kappa shape index (κ2) is 13.5. The molecule has 3 N–H and O–H groups in total. The van der Waals surface area contributed by atoms with Gasteiger partial charge in [-0.1, -0.05) is 68.3 Å². The van der Waals surface area contributed by atoms with Gasteiger partial charge in [0, 0.05) is 31.8 Å². The second-order valence-electron chi connectivity index (χ2n) is 9.26. The van der Waals surface area contributed by atoms with Crippen LogP contribution in [0.4, 0.5) is 4.79 Å². The lowest BCUT2D eigenvalue weighted by atomic mass is 9.98. The van der Waals surface area contributed by atoms with Gasteiger partial charge in [-0.3, -0.25) is 9.59 Å². The van der Waals surface area contributed by atoms with Crippen molar-refractivity contribution in [2.75, 3.05) is 19.7 Å². The highest BCUT2D eigenvalue weighted by Gasteiger charge is 2.28. The quantitative estimate of drug-likeness (QED) is 0.327. The van der Waals surface area contributed by atoms with Crippen LogP contribution in [0.15, 0.2) is 48.5 Å². The van der Waals surface area contributed by atoms with Crippen molar-refractivity contribution >= 4 is 18.0 Å². The fraction of sp³-hybridized carbons (Fsp3) is 0.464. The molecule has 0 bridgehead atoms. The average Bonchev–Trinajstić information content (AvgIpc) is 3.15. The Kier molecular flexibility index (Phi) is 10.1. The summed E-state index contributed by atoms with van der Waals surface area (Å²) in [7, 11) is 0. The molecule has 2 aromatic carbocycles. The fourth-order valence-corrected chi connectivity index (χ4v) is 4.55. The standard InChI is InChI=1S/C28H36N2O5/c1-20(18-27(32)33)15-17-29-26(31)14-4-2-3-9-16-30-28(34)35-19-25-23-12-7-5-10-21(23)22-11-6-8-13-24(22)25/h5-8,10-13,20,25H,2-4,9,14-19H2,1H3,(H,29,31)(H,30,34)(H,32,33). The summed E-state index contributed by atoms with van der Waals surface area (Å²) in [4.78, 5) is 34.7. The van der Waals surface area contributed by atoms with Gasteiger partial charge in [0.1, 0.15) is 6.61 Å². The molecule has 1 aliphatic carbocycles. The Morgan fingerprint density at radius 2 is 1.51 bits per heavy atom. The molecule has 2 amide bonds. The lowest BCUT2D eigenvalue weighted by Crippen LogP contribution is -2.27. The lowest BCUT2D eigenvalue weighted by Gasteiger charge is -2.14. The minimum Gasteiger partial charge on any atom is -0.481 e. The van der Waals surface area contributed by atoms with E-state index in [0.717, 1.165) is 25.7 Å². The van der Waals surface area contributed by atoms with Gasteiger partial charge in [0.2, 0.25) is 5.91 Å². The number of carbonyl (C=O) groups excluding carboxylic acids is 2. The number of carboxylic acids is 1. The number of nitrogens with one attached hydrogen (secondary N) is 2. The maximum absolute atomic E-state index is 12.2. The second-order valence-corrected chi connectivity index (χ2v) is 9.26. The molecule has 0 saturated carbocycles. The Labute approximate surface area is 207 Å². The molecule has 1 aliphatic rings. The molecule has 188 valence electrons. The number of unbranched alkanes of at least 4 members (excludes halogenated alkanes) is 3. The van der Waals surface area contributed by atoms with Crippen LogP contribution in [-0.2, 0) is 14.3 Å². The van der Waals surface area contributed by atoms with Crippen molar-refractivity contribution in [1.29, 1.82) is 0 Å². The van der Waals surface area contributed by atoms with E-state index in [4.69, 9.17) is 9.84 Å². The van der Waals surface area contributed by atoms with E-state index in [1.165, 1.54) is 22.3 Å². The van der Waals surface area contributed by atoms with E-state index in [-0.39, 0.29) is 24.2 Å². The third-order valence-electron chi connectivity index (χ3n) is 6.43. The van der Waals surface area contributed by atoms with Gasteiger partial charge in [0.25, 0.3) is 0 Å².